The van der Waals surface area contributed by atoms with E-state index in [1.54, 1.807) is 6.07 Å². The van der Waals surface area contributed by atoms with E-state index in [9.17, 15) is 4.79 Å². The van der Waals surface area contributed by atoms with Crippen LogP contribution in [0.25, 0.3) is 0 Å². The Hall–Kier alpha value is -1.36. The molecule has 0 aromatic heterocycles. The summed E-state index contributed by atoms with van der Waals surface area (Å²) >= 11 is 2.20. The van der Waals surface area contributed by atoms with Crippen molar-refractivity contribution in [3.8, 4) is 5.75 Å². The number of halogens is 1. The third-order valence-electron chi connectivity index (χ3n) is 2.58. The minimum absolute atomic E-state index is 0.00485. The fraction of sp³-hybridized carbons (Fsp3) is 0.188. The monoisotopic (exact) mass is 366 g/mol. The van der Waals surface area contributed by atoms with Gasteiger partial charge >= 0.3 is 0 Å². The molecule has 0 N–H and O–H groups in total. The summed E-state index contributed by atoms with van der Waals surface area (Å²) in [5, 5.41) is 0. The van der Waals surface area contributed by atoms with Crippen molar-refractivity contribution in [2.45, 2.75) is 20.0 Å². The molecule has 0 saturated heterocycles. The summed E-state index contributed by atoms with van der Waals surface area (Å²) in [7, 11) is 0. The zero-order valence-electron chi connectivity index (χ0n) is 10.9. The molecule has 0 saturated carbocycles. The van der Waals surface area contributed by atoms with Crippen molar-refractivity contribution in [2.24, 2.45) is 0 Å². The van der Waals surface area contributed by atoms with Gasteiger partial charge in [-0.15, -0.1) is 0 Å². The van der Waals surface area contributed by atoms with Crippen LogP contribution in [0.5, 0.6) is 5.75 Å². The third-order valence-corrected chi connectivity index (χ3v) is 3.25. The first-order chi connectivity index (χ1) is 9.08. The summed E-state index contributed by atoms with van der Waals surface area (Å²) in [5.74, 6) is 0.635. The number of carbonyl (C=O) groups is 1. The van der Waals surface area contributed by atoms with Gasteiger partial charge in [0.15, 0.2) is 5.78 Å². The van der Waals surface area contributed by atoms with E-state index in [1.165, 1.54) is 0 Å². The maximum atomic E-state index is 12.5. The number of hydrogen-bond donors (Lipinski definition) is 0. The lowest BCUT2D eigenvalue weighted by Gasteiger charge is -2.13. The fourth-order valence-electron chi connectivity index (χ4n) is 1.80. The number of ether oxygens (including phenoxy) is 1. The molecule has 2 aromatic carbocycles. The van der Waals surface area contributed by atoms with Gasteiger partial charge in [0, 0.05) is 9.13 Å². The van der Waals surface area contributed by atoms with Gasteiger partial charge in [-0.3, -0.25) is 4.79 Å². The standard InChI is InChI=1S/C16H15IO2/c1-11(2)19-15-9-4-3-8-14(15)16(18)12-6-5-7-13(17)10-12/h3-11H,1-2H3. The van der Waals surface area contributed by atoms with E-state index in [1.807, 2.05) is 56.3 Å². The molecule has 0 fully saturated rings. The summed E-state index contributed by atoms with van der Waals surface area (Å²) in [6, 6.07) is 14.9. The van der Waals surface area contributed by atoms with Crippen LogP contribution in [0.4, 0.5) is 0 Å². The molecule has 19 heavy (non-hydrogen) atoms. The second-order valence-electron chi connectivity index (χ2n) is 4.50. The van der Waals surface area contributed by atoms with Crippen molar-refractivity contribution in [1.82, 2.24) is 0 Å². The van der Waals surface area contributed by atoms with E-state index >= 15 is 0 Å². The average Bonchev–Trinajstić information content (AvgIpc) is 2.38. The molecule has 0 aliphatic rings. The topological polar surface area (TPSA) is 26.3 Å². The number of ketones is 1. The molecule has 0 spiro atoms. The van der Waals surface area contributed by atoms with E-state index in [4.69, 9.17) is 4.74 Å². The Balaban J connectivity index is 2.39. The smallest absolute Gasteiger partial charge is 0.196 e. The van der Waals surface area contributed by atoms with Crippen LogP contribution >= 0.6 is 22.6 Å². The van der Waals surface area contributed by atoms with E-state index in [0.29, 0.717) is 16.9 Å². The highest BCUT2D eigenvalue weighted by molar-refractivity contribution is 14.1. The van der Waals surface area contributed by atoms with Crippen molar-refractivity contribution in [3.05, 3.63) is 63.2 Å². The molecule has 98 valence electrons. The predicted molar refractivity (Wildman–Crippen MR) is 84.8 cm³/mol. The molecule has 0 unspecified atom stereocenters. The molecular formula is C16H15IO2. The largest absolute Gasteiger partial charge is 0.490 e. The molecule has 0 aliphatic heterocycles. The Labute approximate surface area is 126 Å². The number of carbonyl (C=O) groups excluding carboxylic acids is 1. The highest BCUT2D eigenvalue weighted by Crippen LogP contribution is 2.23. The first-order valence-corrected chi connectivity index (χ1v) is 7.22. The summed E-state index contributed by atoms with van der Waals surface area (Å²) in [6.07, 6.45) is 0.0462. The van der Waals surface area contributed by atoms with Crippen LogP contribution in [0.15, 0.2) is 48.5 Å². The number of hydrogen-bond acceptors (Lipinski definition) is 2. The Morgan fingerprint density at radius 3 is 2.53 bits per heavy atom. The molecule has 0 aliphatic carbocycles. The lowest BCUT2D eigenvalue weighted by atomic mass is 10.0. The maximum absolute atomic E-state index is 12.5. The van der Waals surface area contributed by atoms with Crippen LogP contribution in [0.1, 0.15) is 29.8 Å². The molecule has 2 aromatic rings. The zero-order valence-corrected chi connectivity index (χ0v) is 13.0. The second-order valence-corrected chi connectivity index (χ2v) is 5.75. The van der Waals surface area contributed by atoms with Gasteiger partial charge in [-0.2, -0.15) is 0 Å². The molecular weight excluding hydrogens is 351 g/mol. The van der Waals surface area contributed by atoms with Crippen LogP contribution in [-0.4, -0.2) is 11.9 Å². The van der Waals surface area contributed by atoms with Gasteiger partial charge in [-0.05, 0) is 60.7 Å². The molecule has 3 heteroatoms. The molecule has 0 radical (unpaired) electrons. The van der Waals surface area contributed by atoms with Crippen LogP contribution in [0, 0.1) is 3.57 Å². The SMILES string of the molecule is CC(C)Oc1ccccc1C(=O)c1cccc(I)c1. The van der Waals surface area contributed by atoms with Crippen LogP contribution in [-0.2, 0) is 0 Å². The van der Waals surface area contributed by atoms with Crippen molar-refractivity contribution in [2.75, 3.05) is 0 Å². The van der Waals surface area contributed by atoms with Gasteiger partial charge in [-0.1, -0.05) is 24.3 Å². The highest BCUT2D eigenvalue weighted by atomic mass is 127. The van der Waals surface area contributed by atoms with Gasteiger partial charge < -0.3 is 4.74 Å². The highest BCUT2D eigenvalue weighted by Gasteiger charge is 2.15. The quantitative estimate of drug-likeness (QED) is 0.596. The summed E-state index contributed by atoms with van der Waals surface area (Å²) in [6.45, 7) is 3.90. The van der Waals surface area contributed by atoms with Crippen LogP contribution in [0.2, 0.25) is 0 Å². The van der Waals surface area contributed by atoms with Gasteiger partial charge in [0.2, 0.25) is 0 Å². The average molecular weight is 366 g/mol. The normalized spacial score (nSPS) is 10.5. The van der Waals surface area contributed by atoms with Gasteiger partial charge in [-0.25, -0.2) is 0 Å². The first-order valence-electron chi connectivity index (χ1n) is 6.14. The van der Waals surface area contributed by atoms with Gasteiger partial charge in [0.05, 0.1) is 11.7 Å². The van der Waals surface area contributed by atoms with E-state index < -0.39 is 0 Å². The maximum Gasteiger partial charge on any atom is 0.196 e. The minimum atomic E-state index is -0.00485. The summed E-state index contributed by atoms with van der Waals surface area (Å²) in [4.78, 5) is 12.5. The molecule has 0 amide bonds. The predicted octanol–water partition coefficient (Wildman–Crippen LogP) is 4.31. The first kappa shape index (κ1) is 14.1. The fourth-order valence-corrected chi connectivity index (χ4v) is 2.34. The van der Waals surface area contributed by atoms with E-state index in [2.05, 4.69) is 22.6 Å². The summed E-state index contributed by atoms with van der Waals surface area (Å²) in [5.41, 5.74) is 1.30. The zero-order chi connectivity index (χ0) is 13.8. The van der Waals surface area contributed by atoms with Crippen molar-refractivity contribution >= 4 is 28.4 Å². The lowest BCUT2D eigenvalue weighted by molar-refractivity contribution is 0.103. The Bertz CT molecular complexity index is 591. The van der Waals surface area contributed by atoms with Gasteiger partial charge in [0.25, 0.3) is 0 Å². The molecule has 0 heterocycles. The number of rotatable bonds is 4. The van der Waals surface area contributed by atoms with E-state index in [-0.39, 0.29) is 11.9 Å². The molecule has 2 nitrogen and oxygen atoms in total. The van der Waals surface area contributed by atoms with Crippen molar-refractivity contribution < 1.29 is 9.53 Å². The third kappa shape index (κ3) is 3.56. The summed E-state index contributed by atoms with van der Waals surface area (Å²) < 4.78 is 6.74. The Morgan fingerprint density at radius 2 is 1.84 bits per heavy atom. The Kier molecular flexibility index (Phi) is 4.58. The minimum Gasteiger partial charge on any atom is -0.490 e. The second kappa shape index (κ2) is 6.19. The Morgan fingerprint density at radius 1 is 1.11 bits per heavy atom. The van der Waals surface area contributed by atoms with Crippen molar-refractivity contribution in [3.63, 3.8) is 0 Å². The van der Waals surface area contributed by atoms with E-state index in [0.717, 1.165) is 3.57 Å². The van der Waals surface area contributed by atoms with Crippen molar-refractivity contribution in [1.29, 1.82) is 0 Å². The number of benzene rings is 2. The van der Waals surface area contributed by atoms with Crippen LogP contribution in [0.3, 0.4) is 0 Å². The molecule has 2 rings (SSSR count). The lowest BCUT2D eigenvalue weighted by Crippen LogP contribution is -2.10. The van der Waals surface area contributed by atoms with Crippen LogP contribution < -0.4 is 4.74 Å². The number of para-hydroxylation sites is 1. The van der Waals surface area contributed by atoms with Gasteiger partial charge in [0.1, 0.15) is 5.75 Å². The molecule has 0 atom stereocenters. The molecule has 0 bridgehead atoms.